The van der Waals surface area contributed by atoms with Crippen molar-refractivity contribution in [1.29, 1.82) is 0 Å². The number of hydrogen-bond donors (Lipinski definition) is 3. The van der Waals surface area contributed by atoms with Crippen LogP contribution < -0.4 is 16.0 Å². The van der Waals surface area contributed by atoms with Crippen molar-refractivity contribution in [3.05, 3.63) is 71.8 Å². The minimum absolute atomic E-state index is 0.161. The average Bonchev–Trinajstić information content (AvgIpc) is 2.93. The number of benzene rings is 2. The van der Waals surface area contributed by atoms with Gasteiger partial charge in [-0.1, -0.05) is 60.7 Å². The lowest BCUT2D eigenvalue weighted by atomic mass is 9.83. The zero-order valence-electron chi connectivity index (χ0n) is 16.8. The lowest BCUT2D eigenvalue weighted by Gasteiger charge is -2.27. The largest absolute Gasteiger partial charge is 0.336 e. The van der Waals surface area contributed by atoms with Gasteiger partial charge in [0.2, 0.25) is 5.91 Å². The zero-order chi connectivity index (χ0) is 21.7. The Bertz CT molecular complexity index is 946. The minimum Gasteiger partial charge on any atom is -0.336 e. The number of nitrogens with zero attached hydrogens (tertiary/aromatic N) is 1. The van der Waals surface area contributed by atoms with Crippen LogP contribution in [-0.4, -0.2) is 41.4 Å². The van der Waals surface area contributed by atoms with Gasteiger partial charge in [0, 0.05) is 12.5 Å². The van der Waals surface area contributed by atoms with E-state index in [0.29, 0.717) is 5.56 Å². The molecule has 0 radical (unpaired) electrons. The van der Waals surface area contributed by atoms with Crippen LogP contribution in [0, 0.1) is 0 Å². The highest BCUT2D eigenvalue weighted by Gasteiger charge is 2.52. The van der Waals surface area contributed by atoms with Gasteiger partial charge in [-0.15, -0.1) is 0 Å². The third-order valence-corrected chi connectivity index (χ3v) is 4.73. The molecule has 1 unspecified atom stereocenters. The molecule has 8 heteroatoms. The molecular weight excluding hydrogens is 384 g/mol. The summed E-state index contributed by atoms with van der Waals surface area (Å²) in [7, 11) is 0. The summed E-state index contributed by atoms with van der Waals surface area (Å²) in [6.07, 6.45) is 0.231. The van der Waals surface area contributed by atoms with E-state index >= 15 is 0 Å². The highest BCUT2D eigenvalue weighted by atomic mass is 16.2. The topological polar surface area (TPSA) is 108 Å². The van der Waals surface area contributed by atoms with E-state index in [1.54, 1.807) is 38.1 Å². The van der Waals surface area contributed by atoms with Gasteiger partial charge >= 0.3 is 12.1 Å². The maximum atomic E-state index is 13.4. The number of imide groups is 2. The number of carbonyl (C=O) groups is 4. The molecule has 0 spiro atoms. The van der Waals surface area contributed by atoms with Gasteiger partial charge in [-0.2, -0.15) is 0 Å². The summed E-state index contributed by atoms with van der Waals surface area (Å²) in [5, 5.41) is 7.43. The molecule has 2 aromatic carbocycles. The summed E-state index contributed by atoms with van der Waals surface area (Å²) < 4.78 is 0. The Kier molecular flexibility index (Phi) is 6.15. The molecule has 0 saturated carbocycles. The predicted octanol–water partition coefficient (Wildman–Crippen LogP) is 1.91. The average molecular weight is 408 g/mol. The number of hydrogen-bond acceptors (Lipinski definition) is 4. The molecule has 3 N–H and O–H groups in total. The normalized spacial score (nSPS) is 18.3. The van der Waals surface area contributed by atoms with Crippen molar-refractivity contribution in [3.63, 3.8) is 0 Å². The molecule has 1 atom stereocenters. The van der Waals surface area contributed by atoms with Crippen LogP contribution >= 0.6 is 0 Å². The Hall–Kier alpha value is -3.68. The van der Waals surface area contributed by atoms with E-state index in [-0.39, 0.29) is 12.5 Å². The van der Waals surface area contributed by atoms with Gasteiger partial charge in [0.1, 0.15) is 6.54 Å². The maximum Gasteiger partial charge on any atom is 0.325 e. The molecule has 1 fully saturated rings. The van der Waals surface area contributed by atoms with E-state index in [0.717, 1.165) is 10.5 Å². The number of nitrogens with one attached hydrogen (secondary N) is 3. The molecule has 2 aromatic rings. The van der Waals surface area contributed by atoms with Crippen LogP contribution in [0.5, 0.6) is 0 Å². The van der Waals surface area contributed by atoms with Crippen LogP contribution in [0.4, 0.5) is 9.59 Å². The van der Waals surface area contributed by atoms with Crippen molar-refractivity contribution >= 4 is 23.9 Å². The van der Waals surface area contributed by atoms with Gasteiger partial charge in [-0.05, 0) is 25.0 Å². The molecule has 3 rings (SSSR count). The fourth-order valence-corrected chi connectivity index (χ4v) is 3.42. The molecule has 0 aliphatic carbocycles. The van der Waals surface area contributed by atoms with Crippen molar-refractivity contribution in [2.75, 3.05) is 6.54 Å². The molecule has 1 aliphatic heterocycles. The molecule has 1 heterocycles. The van der Waals surface area contributed by atoms with E-state index in [9.17, 15) is 19.2 Å². The third kappa shape index (κ3) is 4.48. The smallest absolute Gasteiger partial charge is 0.325 e. The fraction of sp³-hybridized carbons (Fsp3) is 0.273. The maximum absolute atomic E-state index is 13.4. The number of rotatable bonds is 6. The minimum atomic E-state index is -1.33. The highest BCUT2D eigenvalue weighted by Crippen LogP contribution is 2.32. The summed E-state index contributed by atoms with van der Waals surface area (Å²) in [5.41, 5.74) is 0.144. The van der Waals surface area contributed by atoms with Crippen molar-refractivity contribution in [2.45, 2.75) is 31.8 Å². The van der Waals surface area contributed by atoms with E-state index in [2.05, 4.69) is 16.0 Å². The standard InChI is InChI=1S/C22H24N4O4/c1-15(2)23-20(29)24-18(27)14-26-19(28)22(25-21(26)30,17-11-7-4-8-12-17)13-16-9-5-3-6-10-16/h3-12,15H,13-14H2,1-2H3,(H,25,30)(H2,23,24,27,29). The SMILES string of the molecule is CC(C)NC(=O)NC(=O)CN1C(=O)NC(Cc2ccccc2)(c2ccccc2)C1=O. The van der Waals surface area contributed by atoms with Gasteiger partial charge in [0.25, 0.3) is 5.91 Å². The first-order chi connectivity index (χ1) is 14.3. The summed E-state index contributed by atoms with van der Waals surface area (Å²) >= 11 is 0. The molecule has 0 bridgehead atoms. The molecule has 156 valence electrons. The second-order valence-electron chi connectivity index (χ2n) is 7.43. The molecule has 0 aromatic heterocycles. The first-order valence-electron chi connectivity index (χ1n) is 9.66. The zero-order valence-corrected chi connectivity index (χ0v) is 16.8. The van der Waals surface area contributed by atoms with Crippen LogP contribution in [0.25, 0.3) is 0 Å². The Balaban J connectivity index is 1.85. The molecule has 6 amide bonds. The van der Waals surface area contributed by atoms with Crippen molar-refractivity contribution in [3.8, 4) is 0 Å². The first kappa shape index (κ1) is 21.0. The Morgan fingerprint density at radius 3 is 2.20 bits per heavy atom. The summed E-state index contributed by atoms with van der Waals surface area (Å²) in [6.45, 7) is 2.94. The summed E-state index contributed by atoms with van der Waals surface area (Å²) in [5.74, 6) is -1.29. The van der Waals surface area contributed by atoms with Crippen molar-refractivity contribution in [2.24, 2.45) is 0 Å². The van der Waals surface area contributed by atoms with Crippen LogP contribution in [0.1, 0.15) is 25.0 Å². The third-order valence-electron chi connectivity index (χ3n) is 4.73. The monoisotopic (exact) mass is 408 g/mol. The van der Waals surface area contributed by atoms with E-state index < -0.39 is 36.0 Å². The Morgan fingerprint density at radius 1 is 1.00 bits per heavy atom. The summed E-state index contributed by atoms with van der Waals surface area (Å²) in [4.78, 5) is 50.9. The van der Waals surface area contributed by atoms with E-state index in [1.165, 1.54) is 0 Å². The summed E-state index contributed by atoms with van der Waals surface area (Å²) in [6, 6.07) is 16.7. The molecule has 1 aliphatic rings. The van der Waals surface area contributed by atoms with Gasteiger partial charge in [-0.3, -0.25) is 19.8 Å². The Morgan fingerprint density at radius 2 is 1.60 bits per heavy atom. The molecule has 8 nitrogen and oxygen atoms in total. The fourth-order valence-electron chi connectivity index (χ4n) is 3.42. The lowest BCUT2D eigenvalue weighted by Crippen LogP contribution is -2.49. The molecular formula is C22H24N4O4. The van der Waals surface area contributed by atoms with Crippen LogP contribution in [0.15, 0.2) is 60.7 Å². The second-order valence-corrected chi connectivity index (χ2v) is 7.43. The van der Waals surface area contributed by atoms with Gasteiger partial charge < -0.3 is 10.6 Å². The van der Waals surface area contributed by atoms with Crippen molar-refractivity contribution < 1.29 is 19.2 Å². The van der Waals surface area contributed by atoms with Crippen LogP contribution in [-0.2, 0) is 21.5 Å². The number of amides is 6. The first-order valence-corrected chi connectivity index (χ1v) is 9.66. The quantitative estimate of drug-likeness (QED) is 0.635. The molecule has 1 saturated heterocycles. The van der Waals surface area contributed by atoms with Crippen LogP contribution in [0.3, 0.4) is 0 Å². The van der Waals surface area contributed by atoms with Gasteiger partial charge in [-0.25, -0.2) is 9.59 Å². The van der Waals surface area contributed by atoms with Gasteiger partial charge in [0.05, 0.1) is 0 Å². The molecule has 30 heavy (non-hydrogen) atoms. The van der Waals surface area contributed by atoms with Gasteiger partial charge in [0.15, 0.2) is 5.54 Å². The van der Waals surface area contributed by atoms with E-state index in [1.807, 2.05) is 36.4 Å². The Labute approximate surface area is 174 Å². The second kappa shape index (κ2) is 8.77. The van der Waals surface area contributed by atoms with E-state index in [4.69, 9.17) is 0 Å². The predicted molar refractivity (Wildman–Crippen MR) is 110 cm³/mol. The lowest BCUT2D eigenvalue weighted by molar-refractivity contribution is -0.135. The number of carbonyl (C=O) groups excluding carboxylic acids is 4. The number of urea groups is 2. The highest BCUT2D eigenvalue weighted by molar-refractivity contribution is 6.10. The van der Waals surface area contributed by atoms with Crippen LogP contribution in [0.2, 0.25) is 0 Å². The van der Waals surface area contributed by atoms with Crippen molar-refractivity contribution in [1.82, 2.24) is 20.9 Å².